The van der Waals surface area contributed by atoms with Crippen molar-refractivity contribution in [2.24, 2.45) is 11.7 Å². The van der Waals surface area contributed by atoms with Crippen LogP contribution in [-0.2, 0) is 4.74 Å². The molecule has 0 bridgehead atoms. The summed E-state index contributed by atoms with van der Waals surface area (Å²) in [5, 5.41) is 9.74. The average Bonchev–Trinajstić information content (AvgIpc) is 2.17. The van der Waals surface area contributed by atoms with E-state index in [2.05, 4.69) is 0 Å². The van der Waals surface area contributed by atoms with Crippen LogP contribution in [0.5, 0.6) is 0 Å². The summed E-state index contributed by atoms with van der Waals surface area (Å²) in [6.45, 7) is 3.28. The largest absolute Gasteiger partial charge is 0.390 e. The first-order valence-corrected chi connectivity index (χ1v) is 4.75. The lowest BCUT2D eigenvalue weighted by Gasteiger charge is -2.30. The molecule has 0 saturated carbocycles. The lowest BCUT2D eigenvalue weighted by Crippen LogP contribution is -2.39. The summed E-state index contributed by atoms with van der Waals surface area (Å²) in [5.41, 5.74) is 5.46. The summed E-state index contributed by atoms with van der Waals surface area (Å²) < 4.78 is 5.46. The van der Waals surface area contributed by atoms with Crippen LogP contribution in [-0.4, -0.2) is 30.5 Å². The van der Waals surface area contributed by atoms with E-state index >= 15 is 0 Å². The van der Waals surface area contributed by atoms with E-state index in [0.29, 0.717) is 6.54 Å². The second-order valence-corrected chi connectivity index (χ2v) is 3.61. The van der Waals surface area contributed by atoms with Gasteiger partial charge in [-0.15, -0.1) is 0 Å². The fourth-order valence-corrected chi connectivity index (χ4v) is 1.54. The topological polar surface area (TPSA) is 55.5 Å². The molecule has 1 rings (SSSR count). The highest BCUT2D eigenvalue weighted by Crippen LogP contribution is 2.19. The summed E-state index contributed by atoms with van der Waals surface area (Å²) in [4.78, 5) is 0. The Hall–Kier alpha value is -0.120. The lowest BCUT2D eigenvalue weighted by atomic mass is 9.95. The van der Waals surface area contributed by atoms with Crippen LogP contribution in [0.1, 0.15) is 26.2 Å². The number of hydrogen-bond donors (Lipinski definition) is 2. The molecule has 3 unspecified atom stereocenters. The molecule has 1 aliphatic rings. The van der Waals surface area contributed by atoms with Gasteiger partial charge in [-0.05, 0) is 31.7 Å². The zero-order valence-electron chi connectivity index (χ0n) is 7.70. The summed E-state index contributed by atoms with van der Waals surface area (Å²) in [6.07, 6.45) is 2.91. The third-order valence-electron chi connectivity index (χ3n) is 2.55. The van der Waals surface area contributed by atoms with E-state index < -0.39 is 0 Å². The Labute approximate surface area is 73.9 Å². The minimum absolute atomic E-state index is 0.0253. The normalized spacial score (nSPS) is 29.8. The van der Waals surface area contributed by atoms with Gasteiger partial charge in [0.1, 0.15) is 0 Å². The van der Waals surface area contributed by atoms with Crippen molar-refractivity contribution in [1.29, 1.82) is 0 Å². The number of nitrogens with two attached hydrogens (primary N) is 1. The van der Waals surface area contributed by atoms with Gasteiger partial charge in [-0.25, -0.2) is 0 Å². The SMILES string of the molecule is CC(CN)C(O)C1CCCCO1. The van der Waals surface area contributed by atoms with Crippen LogP contribution in [0, 0.1) is 5.92 Å². The predicted octanol–water partition coefficient (Wildman–Crippen LogP) is 0.511. The maximum Gasteiger partial charge on any atom is 0.0839 e. The van der Waals surface area contributed by atoms with Crippen molar-refractivity contribution in [3.05, 3.63) is 0 Å². The smallest absolute Gasteiger partial charge is 0.0839 e. The molecule has 0 spiro atoms. The van der Waals surface area contributed by atoms with Gasteiger partial charge in [0.2, 0.25) is 0 Å². The summed E-state index contributed by atoms with van der Waals surface area (Å²) >= 11 is 0. The van der Waals surface area contributed by atoms with Gasteiger partial charge >= 0.3 is 0 Å². The molecule has 12 heavy (non-hydrogen) atoms. The molecule has 1 saturated heterocycles. The maximum atomic E-state index is 9.74. The van der Waals surface area contributed by atoms with E-state index in [-0.39, 0.29) is 18.1 Å². The molecule has 3 N–H and O–H groups in total. The first kappa shape index (κ1) is 9.96. The first-order chi connectivity index (χ1) is 5.75. The fourth-order valence-electron chi connectivity index (χ4n) is 1.54. The van der Waals surface area contributed by atoms with E-state index in [4.69, 9.17) is 10.5 Å². The van der Waals surface area contributed by atoms with E-state index in [1.807, 2.05) is 6.92 Å². The van der Waals surface area contributed by atoms with Crippen LogP contribution >= 0.6 is 0 Å². The van der Waals surface area contributed by atoms with Gasteiger partial charge in [-0.2, -0.15) is 0 Å². The Morgan fingerprint density at radius 2 is 2.33 bits per heavy atom. The fraction of sp³-hybridized carbons (Fsp3) is 1.00. The molecule has 0 radical (unpaired) electrons. The quantitative estimate of drug-likeness (QED) is 0.654. The van der Waals surface area contributed by atoms with Gasteiger partial charge in [0, 0.05) is 6.61 Å². The van der Waals surface area contributed by atoms with Crippen LogP contribution in [0.25, 0.3) is 0 Å². The molecular weight excluding hydrogens is 154 g/mol. The van der Waals surface area contributed by atoms with Crippen LogP contribution in [0.15, 0.2) is 0 Å². The Kier molecular flexibility index (Phi) is 3.98. The summed E-state index contributed by atoms with van der Waals surface area (Å²) in [7, 11) is 0. The van der Waals surface area contributed by atoms with Gasteiger partial charge in [0.05, 0.1) is 12.2 Å². The predicted molar refractivity (Wildman–Crippen MR) is 47.8 cm³/mol. The number of rotatable bonds is 3. The van der Waals surface area contributed by atoms with E-state index in [0.717, 1.165) is 19.4 Å². The molecule has 1 heterocycles. The van der Waals surface area contributed by atoms with Gasteiger partial charge in [0.15, 0.2) is 0 Å². The maximum absolute atomic E-state index is 9.74. The zero-order chi connectivity index (χ0) is 8.97. The highest BCUT2D eigenvalue weighted by Gasteiger charge is 2.26. The van der Waals surface area contributed by atoms with Crippen molar-refractivity contribution in [3.8, 4) is 0 Å². The zero-order valence-corrected chi connectivity index (χ0v) is 7.70. The molecule has 0 aromatic rings. The van der Waals surface area contributed by atoms with Gasteiger partial charge in [0.25, 0.3) is 0 Å². The molecule has 0 aromatic heterocycles. The molecule has 0 aromatic carbocycles. The number of ether oxygens (including phenoxy) is 1. The van der Waals surface area contributed by atoms with E-state index in [1.54, 1.807) is 0 Å². The summed E-state index contributed by atoms with van der Waals surface area (Å²) in [6, 6.07) is 0. The molecule has 1 fully saturated rings. The van der Waals surface area contributed by atoms with Crippen LogP contribution in [0.2, 0.25) is 0 Å². The monoisotopic (exact) mass is 173 g/mol. The lowest BCUT2D eigenvalue weighted by molar-refractivity contribution is -0.0789. The second kappa shape index (κ2) is 4.80. The van der Waals surface area contributed by atoms with Crippen molar-refractivity contribution in [1.82, 2.24) is 0 Å². The third-order valence-corrected chi connectivity index (χ3v) is 2.55. The minimum atomic E-state index is -0.379. The molecule has 3 atom stereocenters. The molecule has 0 amide bonds. The minimum Gasteiger partial charge on any atom is -0.390 e. The van der Waals surface area contributed by atoms with Gasteiger partial charge < -0.3 is 15.6 Å². The Morgan fingerprint density at radius 3 is 2.83 bits per heavy atom. The molecule has 1 aliphatic heterocycles. The van der Waals surface area contributed by atoms with Crippen LogP contribution in [0.3, 0.4) is 0 Å². The Balaban J connectivity index is 2.33. The van der Waals surface area contributed by atoms with E-state index in [9.17, 15) is 5.11 Å². The molecule has 3 heteroatoms. The van der Waals surface area contributed by atoms with Crippen molar-refractivity contribution < 1.29 is 9.84 Å². The molecule has 0 aliphatic carbocycles. The molecular formula is C9H19NO2. The second-order valence-electron chi connectivity index (χ2n) is 3.61. The highest BCUT2D eigenvalue weighted by atomic mass is 16.5. The third kappa shape index (κ3) is 2.44. The van der Waals surface area contributed by atoms with Crippen LogP contribution in [0.4, 0.5) is 0 Å². The van der Waals surface area contributed by atoms with Gasteiger partial charge in [-0.1, -0.05) is 6.92 Å². The van der Waals surface area contributed by atoms with Crippen molar-refractivity contribution in [2.75, 3.05) is 13.2 Å². The van der Waals surface area contributed by atoms with Crippen molar-refractivity contribution in [3.63, 3.8) is 0 Å². The Morgan fingerprint density at radius 1 is 1.58 bits per heavy atom. The summed E-state index contributed by atoms with van der Waals surface area (Å²) in [5.74, 6) is 0.146. The number of aliphatic hydroxyl groups excluding tert-OH is 1. The number of aliphatic hydroxyl groups is 1. The molecule has 3 nitrogen and oxygen atoms in total. The average molecular weight is 173 g/mol. The van der Waals surface area contributed by atoms with Crippen molar-refractivity contribution >= 4 is 0 Å². The van der Waals surface area contributed by atoms with Crippen molar-refractivity contribution in [2.45, 2.75) is 38.4 Å². The van der Waals surface area contributed by atoms with Gasteiger partial charge in [-0.3, -0.25) is 0 Å². The molecule has 72 valence electrons. The Bertz CT molecular complexity index is 124. The highest BCUT2D eigenvalue weighted by molar-refractivity contribution is 4.77. The van der Waals surface area contributed by atoms with E-state index in [1.165, 1.54) is 6.42 Å². The van der Waals surface area contributed by atoms with Crippen LogP contribution < -0.4 is 5.73 Å². The standard InChI is InChI=1S/C9H19NO2/c1-7(6-10)9(11)8-4-2-3-5-12-8/h7-9,11H,2-6,10H2,1H3. The number of hydrogen-bond acceptors (Lipinski definition) is 3. The first-order valence-electron chi connectivity index (χ1n) is 4.75.